The number of hydrogen-bond acceptors (Lipinski definition) is 2. The van der Waals surface area contributed by atoms with Crippen LogP contribution in [0, 0.1) is 5.92 Å². The van der Waals surface area contributed by atoms with E-state index in [1.807, 2.05) is 0 Å². The summed E-state index contributed by atoms with van der Waals surface area (Å²) in [7, 11) is 0. The van der Waals surface area contributed by atoms with Gasteiger partial charge in [-0.05, 0) is 31.4 Å². The maximum absolute atomic E-state index is 10.9. The summed E-state index contributed by atoms with van der Waals surface area (Å²) < 4.78 is 0. The Morgan fingerprint density at radius 1 is 1.32 bits per heavy atom. The van der Waals surface area contributed by atoms with E-state index in [2.05, 4.69) is 4.99 Å². The van der Waals surface area contributed by atoms with Crippen molar-refractivity contribution in [3.63, 3.8) is 0 Å². The van der Waals surface area contributed by atoms with Gasteiger partial charge in [-0.2, -0.15) is 0 Å². The molecule has 1 aromatic carbocycles. The van der Waals surface area contributed by atoms with E-state index < -0.39 is 5.97 Å². The Bertz CT molecular complexity index is 494. The molecule has 0 amide bonds. The molecule has 19 heavy (non-hydrogen) atoms. The van der Waals surface area contributed by atoms with Gasteiger partial charge in [0.1, 0.15) is 5.69 Å². The highest BCUT2D eigenvalue weighted by Crippen LogP contribution is 2.35. The first kappa shape index (κ1) is 14.4. The number of para-hydroxylation sites is 1. The molecule has 5 heteroatoms. The van der Waals surface area contributed by atoms with Crippen molar-refractivity contribution >= 4 is 40.6 Å². The Hall–Kier alpha value is -1.06. The number of carboxylic acids is 1. The van der Waals surface area contributed by atoms with E-state index in [1.54, 1.807) is 18.2 Å². The van der Waals surface area contributed by atoms with Crippen LogP contribution in [0.15, 0.2) is 23.2 Å². The highest BCUT2D eigenvalue weighted by atomic mass is 35.5. The van der Waals surface area contributed by atoms with E-state index in [0.717, 1.165) is 31.4 Å². The Morgan fingerprint density at radius 2 is 2.00 bits per heavy atom. The second kappa shape index (κ2) is 6.40. The third-order valence-corrected chi connectivity index (χ3v) is 3.93. The number of benzene rings is 1. The molecular weight excluding hydrogens is 285 g/mol. The molecule has 1 atom stereocenters. The van der Waals surface area contributed by atoms with E-state index in [4.69, 9.17) is 28.3 Å². The third-order valence-electron chi connectivity index (χ3n) is 3.32. The van der Waals surface area contributed by atoms with Crippen molar-refractivity contribution in [1.82, 2.24) is 0 Å². The molecule has 0 spiro atoms. The second-order valence-corrected chi connectivity index (χ2v) is 5.53. The number of aliphatic carboxylic acids is 1. The number of carbonyl (C=O) groups is 1. The van der Waals surface area contributed by atoms with E-state index in [9.17, 15) is 4.79 Å². The van der Waals surface area contributed by atoms with Crippen molar-refractivity contribution in [3.05, 3.63) is 28.2 Å². The van der Waals surface area contributed by atoms with Crippen LogP contribution in [0.3, 0.4) is 0 Å². The van der Waals surface area contributed by atoms with Gasteiger partial charge in [0.25, 0.3) is 0 Å². The molecule has 1 aliphatic rings. The Labute approximate surface area is 122 Å². The quantitative estimate of drug-likeness (QED) is 0.877. The fraction of sp³-hybridized carbons (Fsp3) is 0.429. The number of carboxylic acid groups (broad SMARTS) is 1. The van der Waals surface area contributed by atoms with Crippen LogP contribution in [-0.2, 0) is 4.79 Å². The molecule has 102 valence electrons. The standard InChI is InChI=1S/C14H15Cl2NO2/c15-10-5-3-6-11(16)14(10)17-12-7-2-1-4-9(12)8-13(18)19/h3,5-6,9H,1-2,4,7-8H2,(H,18,19)/b17-12+. The smallest absolute Gasteiger partial charge is 0.304 e. The van der Waals surface area contributed by atoms with Crippen LogP contribution in [0.5, 0.6) is 0 Å². The Morgan fingerprint density at radius 3 is 2.63 bits per heavy atom. The summed E-state index contributed by atoms with van der Waals surface area (Å²) in [5, 5.41) is 9.95. The highest BCUT2D eigenvalue weighted by Gasteiger charge is 2.23. The van der Waals surface area contributed by atoms with Crippen molar-refractivity contribution < 1.29 is 9.90 Å². The van der Waals surface area contributed by atoms with Crippen molar-refractivity contribution in [2.75, 3.05) is 0 Å². The normalized spacial score (nSPS) is 21.6. The summed E-state index contributed by atoms with van der Waals surface area (Å²) in [6.07, 6.45) is 3.90. The molecular formula is C14H15Cl2NO2. The average molecular weight is 300 g/mol. The summed E-state index contributed by atoms with van der Waals surface area (Å²) in [5.41, 5.74) is 1.46. The van der Waals surface area contributed by atoms with Crippen LogP contribution in [-0.4, -0.2) is 16.8 Å². The first-order valence-electron chi connectivity index (χ1n) is 6.31. The lowest BCUT2D eigenvalue weighted by molar-refractivity contribution is -0.137. The van der Waals surface area contributed by atoms with Gasteiger partial charge in [0.2, 0.25) is 0 Å². The molecule has 3 nitrogen and oxygen atoms in total. The third kappa shape index (κ3) is 3.71. The molecule has 1 N–H and O–H groups in total. The van der Waals surface area contributed by atoms with Crippen LogP contribution in [0.25, 0.3) is 0 Å². The molecule has 1 fully saturated rings. The highest BCUT2D eigenvalue weighted by molar-refractivity contribution is 6.38. The Balaban J connectivity index is 2.31. The molecule has 0 radical (unpaired) electrons. The van der Waals surface area contributed by atoms with Gasteiger partial charge >= 0.3 is 5.97 Å². The fourth-order valence-corrected chi connectivity index (χ4v) is 2.87. The van der Waals surface area contributed by atoms with E-state index in [1.165, 1.54) is 0 Å². The number of nitrogens with zero attached hydrogens (tertiary/aromatic N) is 1. The summed E-state index contributed by atoms with van der Waals surface area (Å²) in [6, 6.07) is 5.24. The fourth-order valence-electron chi connectivity index (χ4n) is 2.38. The largest absolute Gasteiger partial charge is 0.481 e. The summed E-state index contributed by atoms with van der Waals surface area (Å²) in [4.78, 5) is 15.4. The number of halogens is 2. The summed E-state index contributed by atoms with van der Waals surface area (Å²) >= 11 is 12.2. The maximum Gasteiger partial charge on any atom is 0.304 e. The molecule has 0 heterocycles. The van der Waals surface area contributed by atoms with Gasteiger partial charge in [-0.15, -0.1) is 0 Å². The van der Waals surface area contributed by atoms with Crippen LogP contribution >= 0.6 is 23.2 Å². The van der Waals surface area contributed by atoms with Gasteiger partial charge < -0.3 is 5.11 Å². The second-order valence-electron chi connectivity index (χ2n) is 4.71. The Kier molecular flexibility index (Phi) is 4.83. The maximum atomic E-state index is 10.9. The number of aliphatic imine (C=N–C) groups is 1. The molecule has 1 saturated carbocycles. The zero-order valence-corrected chi connectivity index (χ0v) is 11.9. The van der Waals surface area contributed by atoms with Gasteiger partial charge in [-0.1, -0.05) is 35.7 Å². The van der Waals surface area contributed by atoms with Gasteiger partial charge in [0.15, 0.2) is 0 Å². The molecule has 0 aliphatic heterocycles. The molecule has 0 aromatic heterocycles. The van der Waals surface area contributed by atoms with Gasteiger partial charge in [0, 0.05) is 11.6 Å². The van der Waals surface area contributed by atoms with E-state index in [-0.39, 0.29) is 12.3 Å². The monoisotopic (exact) mass is 299 g/mol. The van der Waals surface area contributed by atoms with Crippen LogP contribution in [0.4, 0.5) is 5.69 Å². The van der Waals surface area contributed by atoms with Gasteiger partial charge in [-0.25, -0.2) is 0 Å². The molecule has 2 rings (SSSR count). The minimum Gasteiger partial charge on any atom is -0.481 e. The summed E-state index contributed by atoms with van der Waals surface area (Å²) in [5.74, 6) is -0.788. The molecule has 0 bridgehead atoms. The van der Waals surface area contributed by atoms with E-state index >= 15 is 0 Å². The lowest BCUT2D eigenvalue weighted by Crippen LogP contribution is -2.22. The van der Waals surface area contributed by atoms with Crippen molar-refractivity contribution in [1.29, 1.82) is 0 Å². The zero-order valence-electron chi connectivity index (χ0n) is 10.4. The predicted octanol–water partition coefficient (Wildman–Crippen LogP) is 4.73. The first-order chi connectivity index (χ1) is 9.08. The average Bonchev–Trinajstić information content (AvgIpc) is 2.35. The molecule has 0 saturated heterocycles. The van der Waals surface area contributed by atoms with E-state index in [0.29, 0.717) is 15.7 Å². The van der Waals surface area contributed by atoms with Crippen molar-refractivity contribution in [3.8, 4) is 0 Å². The van der Waals surface area contributed by atoms with Crippen LogP contribution < -0.4 is 0 Å². The zero-order chi connectivity index (χ0) is 13.8. The predicted molar refractivity (Wildman–Crippen MR) is 77.8 cm³/mol. The van der Waals surface area contributed by atoms with Crippen LogP contribution in [0.1, 0.15) is 32.1 Å². The van der Waals surface area contributed by atoms with Crippen molar-refractivity contribution in [2.45, 2.75) is 32.1 Å². The minimum atomic E-state index is -0.787. The molecule has 1 aromatic rings. The number of hydrogen-bond donors (Lipinski definition) is 1. The lowest BCUT2D eigenvalue weighted by atomic mass is 9.85. The SMILES string of the molecule is O=C(O)CC1CCCC/C1=N\c1c(Cl)cccc1Cl. The number of rotatable bonds is 3. The van der Waals surface area contributed by atoms with Gasteiger partial charge in [0.05, 0.1) is 16.5 Å². The first-order valence-corrected chi connectivity index (χ1v) is 7.07. The minimum absolute atomic E-state index is 0.00131. The molecule has 1 unspecified atom stereocenters. The summed E-state index contributed by atoms with van der Waals surface area (Å²) in [6.45, 7) is 0. The topological polar surface area (TPSA) is 49.7 Å². The lowest BCUT2D eigenvalue weighted by Gasteiger charge is -2.23. The van der Waals surface area contributed by atoms with Crippen LogP contribution in [0.2, 0.25) is 10.0 Å². The molecule has 1 aliphatic carbocycles. The van der Waals surface area contributed by atoms with Crippen molar-refractivity contribution in [2.24, 2.45) is 10.9 Å². The van der Waals surface area contributed by atoms with Gasteiger partial charge in [-0.3, -0.25) is 9.79 Å².